The zero-order chi connectivity index (χ0) is 16.9. The molecule has 0 aromatic rings. The Labute approximate surface area is 129 Å². The second-order valence-electron chi connectivity index (χ2n) is 4.85. The van der Waals surface area contributed by atoms with Gasteiger partial charge in [-0.25, -0.2) is 0 Å². The van der Waals surface area contributed by atoms with Gasteiger partial charge in [0.15, 0.2) is 0 Å². The van der Waals surface area contributed by atoms with Crippen molar-refractivity contribution in [2.75, 3.05) is 26.4 Å². The van der Waals surface area contributed by atoms with Crippen LogP contribution in [0.3, 0.4) is 0 Å². The second-order valence-corrected chi connectivity index (χ2v) is 4.85. The van der Waals surface area contributed by atoms with Crippen LogP contribution in [0.5, 0.6) is 0 Å². The highest BCUT2D eigenvalue weighted by Gasteiger charge is 1.99. The minimum atomic E-state index is -0.560. The normalized spacial score (nSPS) is 12.6. The molecule has 2 unspecified atom stereocenters. The molecule has 6 heteroatoms. The monoisotopic (exact) mass is 312 g/mol. The maximum absolute atomic E-state index is 9.02. The van der Waals surface area contributed by atoms with Crippen molar-refractivity contribution in [3.63, 3.8) is 0 Å². The van der Waals surface area contributed by atoms with Gasteiger partial charge in [-0.05, 0) is 39.0 Å². The van der Waals surface area contributed by atoms with Crippen LogP contribution < -0.4 is 0 Å². The molecule has 0 saturated heterocycles. The molecule has 21 heavy (non-hydrogen) atoms. The molecule has 0 fully saturated rings. The Balaban J connectivity index is -0.000000242. The van der Waals surface area contributed by atoms with E-state index in [9.17, 15) is 0 Å². The van der Waals surface area contributed by atoms with Crippen LogP contribution in [-0.4, -0.2) is 69.3 Å². The molecule has 6 N–H and O–H groups in total. The first-order valence-electron chi connectivity index (χ1n) is 7.79. The van der Waals surface area contributed by atoms with E-state index in [0.29, 0.717) is 6.42 Å². The van der Waals surface area contributed by atoms with Crippen molar-refractivity contribution in [3.8, 4) is 0 Å². The largest absolute Gasteiger partial charge is 0.396 e. The fraction of sp³-hybridized carbons (Fsp3) is 1.00. The fourth-order valence-corrected chi connectivity index (χ4v) is 1.13. The summed E-state index contributed by atoms with van der Waals surface area (Å²) in [6.45, 7) is 4.08. The molecule has 0 rings (SSSR count). The number of unbranched alkanes of at least 4 members (excludes halogenated alkanes) is 3. The van der Waals surface area contributed by atoms with Crippen molar-refractivity contribution < 1.29 is 30.6 Å². The summed E-state index contributed by atoms with van der Waals surface area (Å²) < 4.78 is 0. The van der Waals surface area contributed by atoms with E-state index in [2.05, 4.69) is 6.92 Å². The van der Waals surface area contributed by atoms with Crippen LogP contribution in [0.25, 0.3) is 0 Å². The van der Waals surface area contributed by atoms with E-state index < -0.39 is 6.10 Å². The molecular formula is C15H36O6. The molecule has 0 aliphatic carbocycles. The summed E-state index contributed by atoms with van der Waals surface area (Å²) in [6.07, 6.45) is 5.26. The number of aliphatic hydroxyl groups is 6. The molecule has 0 aromatic heterocycles. The van der Waals surface area contributed by atoms with Gasteiger partial charge in [0.25, 0.3) is 0 Å². The van der Waals surface area contributed by atoms with Crippen LogP contribution in [0.2, 0.25) is 0 Å². The maximum atomic E-state index is 9.02. The highest BCUT2D eigenvalue weighted by Crippen LogP contribution is 2.02. The average molecular weight is 312 g/mol. The Bertz CT molecular complexity index is 151. The van der Waals surface area contributed by atoms with Gasteiger partial charge in [-0.2, -0.15) is 0 Å². The third-order valence-electron chi connectivity index (χ3n) is 2.43. The van der Waals surface area contributed by atoms with Gasteiger partial charge in [0.1, 0.15) is 0 Å². The Morgan fingerprint density at radius 1 is 0.714 bits per heavy atom. The minimum Gasteiger partial charge on any atom is -0.396 e. The van der Waals surface area contributed by atoms with Crippen LogP contribution in [0.15, 0.2) is 0 Å². The van der Waals surface area contributed by atoms with Crippen molar-refractivity contribution in [1.29, 1.82) is 0 Å². The van der Waals surface area contributed by atoms with E-state index in [1.807, 2.05) is 0 Å². The lowest BCUT2D eigenvalue weighted by molar-refractivity contribution is 0.110. The summed E-state index contributed by atoms with van der Waals surface area (Å²) in [7, 11) is 0. The third kappa shape index (κ3) is 38.3. The number of hydrogen-bond acceptors (Lipinski definition) is 6. The first-order valence-corrected chi connectivity index (χ1v) is 7.79. The topological polar surface area (TPSA) is 121 Å². The smallest absolute Gasteiger partial charge is 0.0742 e. The lowest BCUT2D eigenvalue weighted by Crippen LogP contribution is -2.07. The molecule has 132 valence electrons. The first-order chi connectivity index (χ1) is 9.99. The van der Waals surface area contributed by atoms with Gasteiger partial charge < -0.3 is 30.6 Å². The number of hydrogen-bond donors (Lipinski definition) is 6. The standard InChI is InChI=1S/C7H16O2.C5H12O2.C3H8O2/c1-2-3-4-7(9)5-6-8;6-4-2-1-3-5-7;1-3(5)2-4/h7-9H,2-6H2,1H3;6-7H,1-5H2;3-5H,2H2,1H3. The van der Waals surface area contributed by atoms with E-state index in [-0.39, 0.29) is 32.5 Å². The van der Waals surface area contributed by atoms with Gasteiger partial charge in [0.2, 0.25) is 0 Å². The molecule has 0 saturated carbocycles. The van der Waals surface area contributed by atoms with E-state index in [4.69, 9.17) is 30.6 Å². The van der Waals surface area contributed by atoms with Crippen molar-refractivity contribution in [2.24, 2.45) is 0 Å². The quantitative estimate of drug-likeness (QED) is 0.325. The zero-order valence-electron chi connectivity index (χ0n) is 13.6. The van der Waals surface area contributed by atoms with Gasteiger partial charge in [-0.3, -0.25) is 0 Å². The van der Waals surface area contributed by atoms with E-state index in [1.165, 1.54) is 6.92 Å². The summed E-state index contributed by atoms with van der Waals surface area (Å²) in [4.78, 5) is 0. The Hall–Kier alpha value is -0.240. The van der Waals surface area contributed by atoms with Crippen LogP contribution in [0.1, 0.15) is 58.8 Å². The molecule has 0 aromatic carbocycles. The Morgan fingerprint density at radius 3 is 1.48 bits per heavy atom. The summed E-state index contributed by atoms with van der Waals surface area (Å²) in [5, 5.41) is 49.8. The molecule has 0 amide bonds. The maximum Gasteiger partial charge on any atom is 0.0742 e. The highest BCUT2D eigenvalue weighted by molar-refractivity contribution is 4.53. The molecule has 0 radical (unpaired) electrons. The van der Waals surface area contributed by atoms with Gasteiger partial charge in [-0.15, -0.1) is 0 Å². The van der Waals surface area contributed by atoms with Crippen molar-refractivity contribution in [1.82, 2.24) is 0 Å². The lowest BCUT2D eigenvalue weighted by atomic mass is 10.1. The van der Waals surface area contributed by atoms with Crippen LogP contribution in [-0.2, 0) is 0 Å². The minimum absolute atomic E-state index is 0.102. The van der Waals surface area contributed by atoms with Crippen LogP contribution in [0.4, 0.5) is 0 Å². The Morgan fingerprint density at radius 2 is 1.19 bits per heavy atom. The van der Waals surface area contributed by atoms with Crippen molar-refractivity contribution in [3.05, 3.63) is 0 Å². The molecule has 0 bridgehead atoms. The number of rotatable bonds is 10. The molecule has 0 heterocycles. The fourth-order valence-electron chi connectivity index (χ4n) is 1.13. The van der Waals surface area contributed by atoms with E-state index in [1.54, 1.807) is 0 Å². The highest BCUT2D eigenvalue weighted by atomic mass is 16.3. The molecule has 0 aliphatic heterocycles. The average Bonchev–Trinajstić information content (AvgIpc) is 2.47. The SMILES string of the molecule is CC(O)CO.CCCCC(O)CCO.OCCCCCO. The molecular weight excluding hydrogens is 276 g/mol. The predicted octanol–water partition coefficient (Wildman–Crippen LogP) is 0.421. The van der Waals surface area contributed by atoms with Crippen molar-refractivity contribution in [2.45, 2.75) is 71.0 Å². The van der Waals surface area contributed by atoms with E-state index >= 15 is 0 Å². The molecule has 2 atom stereocenters. The van der Waals surface area contributed by atoms with Crippen LogP contribution in [0, 0.1) is 0 Å². The van der Waals surface area contributed by atoms with Crippen molar-refractivity contribution >= 4 is 0 Å². The summed E-state index contributed by atoms with van der Waals surface area (Å²) in [5.74, 6) is 0. The lowest BCUT2D eigenvalue weighted by Gasteiger charge is -2.05. The van der Waals surface area contributed by atoms with Gasteiger partial charge >= 0.3 is 0 Å². The molecule has 6 nitrogen and oxygen atoms in total. The summed E-state index contributed by atoms with van der Waals surface area (Å²) in [5.41, 5.74) is 0. The zero-order valence-corrected chi connectivity index (χ0v) is 13.6. The summed E-state index contributed by atoms with van der Waals surface area (Å²) >= 11 is 0. The van der Waals surface area contributed by atoms with Gasteiger partial charge in [-0.1, -0.05) is 19.8 Å². The molecule has 0 aliphatic rings. The van der Waals surface area contributed by atoms with Crippen LogP contribution >= 0.6 is 0 Å². The third-order valence-corrected chi connectivity index (χ3v) is 2.43. The predicted molar refractivity (Wildman–Crippen MR) is 84.0 cm³/mol. The number of aliphatic hydroxyl groups excluding tert-OH is 6. The van der Waals surface area contributed by atoms with Gasteiger partial charge in [0, 0.05) is 19.8 Å². The summed E-state index contributed by atoms with van der Waals surface area (Å²) in [6, 6.07) is 0. The Kier molecular flexibility index (Phi) is 30.3. The van der Waals surface area contributed by atoms with Gasteiger partial charge in [0.05, 0.1) is 18.8 Å². The molecule has 0 spiro atoms. The second kappa shape index (κ2) is 24.8. The first kappa shape index (κ1) is 25.7. The van der Waals surface area contributed by atoms with E-state index in [0.717, 1.165) is 38.5 Å².